The molecule has 1 unspecified atom stereocenters. The van der Waals surface area contributed by atoms with E-state index < -0.39 is 17.5 Å². The van der Waals surface area contributed by atoms with Crippen LogP contribution in [0.4, 0.5) is 0 Å². The predicted molar refractivity (Wildman–Crippen MR) is 42.3 cm³/mol. The van der Waals surface area contributed by atoms with Crippen molar-refractivity contribution in [3.8, 4) is 0 Å². The molecule has 66 valence electrons. The number of aliphatic hydroxyl groups is 1. The number of carboxylic acid groups (broad SMARTS) is 1. The first-order valence-corrected chi connectivity index (χ1v) is 3.71. The SMILES string of the molecule is CC(C)C(C)(C)C(O)C(=O)O. The maximum absolute atomic E-state index is 10.4. The van der Waals surface area contributed by atoms with Gasteiger partial charge in [0.15, 0.2) is 6.10 Å². The minimum atomic E-state index is -1.28. The van der Waals surface area contributed by atoms with Crippen LogP contribution in [0.5, 0.6) is 0 Å². The van der Waals surface area contributed by atoms with Crippen molar-refractivity contribution in [3.05, 3.63) is 0 Å². The second-order valence-corrected chi connectivity index (χ2v) is 3.72. The summed E-state index contributed by atoms with van der Waals surface area (Å²) in [7, 11) is 0. The molecule has 0 aliphatic carbocycles. The third-order valence-electron chi connectivity index (χ3n) is 2.43. The first-order valence-electron chi connectivity index (χ1n) is 3.71. The van der Waals surface area contributed by atoms with Crippen LogP contribution in [0.25, 0.3) is 0 Å². The molecule has 11 heavy (non-hydrogen) atoms. The fraction of sp³-hybridized carbons (Fsp3) is 0.875. The second kappa shape index (κ2) is 3.22. The highest BCUT2D eigenvalue weighted by molar-refractivity contribution is 5.73. The lowest BCUT2D eigenvalue weighted by Gasteiger charge is -2.31. The Hall–Kier alpha value is -0.570. The van der Waals surface area contributed by atoms with Crippen LogP contribution in [0.3, 0.4) is 0 Å². The van der Waals surface area contributed by atoms with E-state index in [0.29, 0.717) is 0 Å². The molecule has 1 atom stereocenters. The quantitative estimate of drug-likeness (QED) is 0.650. The topological polar surface area (TPSA) is 57.5 Å². The molecule has 0 aromatic carbocycles. The van der Waals surface area contributed by atoms with Gasteiger partial charge in [-0.2, -0.15) is 0 Å². The van der Waals surface area contributed by atoms with Crippen molar-refractivity contribution in [1.29, 1.82) is 0 Å². The molecule has 2 N–H and O–H groups in total. The summed E-state index contributed by atoms with van der Waals surface area (Å²) in [6.45, 7) is 7.28. The van der Waals surface area contributed by atoms with Crippen LogP contribution in [-0.4, -0.2) is 22.3 Å². The highest BCUT2D eigenvalue weighted by atomic mass is 16.4. The number of carboxylic acids is 1. The minimum absolute atomic E-state index is 0.147. The van der Waals surface area contributed by atoms with Gasteiger partial charge in [-0.05, 0) is 5.92 Å². The number of hydrogen-bond acceptors (Lipinski definition) is 2. The fourth-order valence-corrected chi connectivity index (χ4v) is 0.634. The van der Waals surface area contributed by atoms with E-state index >= 15 is 0 Å². The van der Waals surface area contributed by atoms with Gasteiger partial charge < -0.3 is 10.2 Å². The summed E-state index contributed by atoms with van der Waals surface area (Å²) >= 11 is 0. The average molecular weight is 160 g/mol. The molecule has 0 spiro atoms. The lowest BCUT2D eigenvalue weighted by atomic mass is 9.76. The van der Waals surface area contributed by atoms with Gasteiger partial charge in [-0.1, -0.05) is 27.7 Å². The average Bonchev–Trinajstić information content (AvgIpc) is 1.85. The summed E-state index contributed by atoms with van der Waals surface area (Å²) in [5.74, 6) is -1.00. The Morgan fingerprint density at radius 2 is 1.73 bits per heavy atom. The van der Waals surface area contributed by atoms with Gasteiger partial charge in [0.05, 0.1) is 0 Å². The Bertz CT molecular complexity index is 149. The van der Waals surface area contributed by atoms with Crippen LogP contribution >= 0.6 is 0 Å². The molecule has 0 amide bonds. The van der Waals surface area contributed by atoms with Gasteiger partial charge in [0.25, 0.3) is 0 Å². The van der Waals surface area contributed by atoms with Crippen LogP contribution < -0.4 is 0 Å². The van der Waals surface area contributed by atoms with Crippen molar-refractivity contribution in [2.24, 2.45) is 11.3 Å². The van der Waals surface area contributed by atoms with E-state index in [1.54, 1.807) is 13.8 Å². The molecule has 0 saturated heterocycles. The molecule has 0 aliphatic heterocycles. The first-order chi connectivity index (χ1) is 4.80. The van der Waals surface area contributed by atoms with Crippen molar-refractivity contribution >= 4 is 5.97 Å². The van der Waals surface area contributed by atoms with Gasteiger partial charge >= 0.3 is 5.97 Å². The van der Waals surface area contributed by atoms with E-state index in [2.05, 4.69) is 0 Å². The highest BCUT2D eigenvalue weighted by Gasteiger charge is 2.35. The van der Waals surface area contributed by atoms with Gasteiger partial charge in [-0.15, -0.1) is 0 Å². The Labute approximate surface area is 67.0 Å². The summed E-state index contributed by atoms with van der Waals surface area (Å²) in [6.07, 6.45) is -1.28. The van der Waals surface area contributed by atoms with Gasteiger partial charge in [0.1, 0.15) is 0 Å². The monoisotopic (exact) mass is 160 g/mol. The van der Waals surface area contributed by atoms with E-state index in [9.17, 15) is 9.90 Å². The second-order valence-electron chi connectivity index (χ2n) is 3.72. The molecule has 3 nitrogen and oxygen atoms in total. The molecule has 0 aromatic heterocycles. The maximum Gasteiger partial charge on any atom is 0.333 e. The number of aliphatic carboxylic acids is 1. The summed E-state index contributed by atoms with van der Waals surface area (Å²) < 4.78 is 0. The third kappa shape index (κ3) is 2.19. The van der Waals surface area contributed by atoms with Crippen LogP contribution in [-0.2, 0) is 4.79 Å². The van der Waals surface area contributed by atoms with Gasteiger partial charge in [-0.25, -0.2) is 4.79 Å². The Kier molecular flexibility index (Phi) is 3.05. The largest absolute Gasteiger partial charge is 0.479 e. The zero-order chi connectivity index (χ0) is 9.23. The molecule has 0 heterocycles. The zero-order valence-corrected chi connectivity index (χ0v) is 7.46. The molecule has 0 radical (unpaired) electrons. The van der Waals surface area contributed by atoms with Crippen molar-refractivity contribution < 1.29 is 15.0 Å². The van der Waals surface area contributed by atoms with Gasteiger partial charge in [-0.3, -0.25) is 0 Å². The Morgan fingerprint density at radius 1 is 1.36 bits per heavy atom. The normalized spacial score (nSPS) is 15.1. The molecular weight excluding hydrogens is 144 g/mol. The zero-order valence-electron chi connectivity index (χ0n) is 7.46. The van der Waals surface area contributed by atoms with E-state index in [4.69, 9.17) is 5.11 Å². The fourth-order valence-electron chi connectivity index (χ4n) is 0.634. The highest BCUT2D eigenvalue weighted by Crippen LogP contribution is 2.30. The minimum Gasteiger partial charge on any atom is -0.479 e. The van der Waals surface area contributed by atoms with Crippen LogP contribution in [0, 0.1) is 11.3 Å². The Balaban J connectivity index is 4.41. The molecule has 0 bridgehead atoms. The van der Waals surface area contributed by atoms with Crippen molar-refractivity contribution in [2.75, 3.05) is 0 Å². The maximum atomic E-state index is 10.4. The van der Waals surface area contributed by atoms with Crippen LogP contribution in [0.1, 0.15) is 27.7 Å². The smallest absolute Gasteiger partial charge is 0.333 e. The number of hydrogen-bond donors (Lipinski definition) is 2. The molecule has 3 heteroatoms. The third-order valence-corrected chi connectivity index (χ3v) is 2.43. The Morgan fingerprint density at radius 3 is 1.82 bits per heavy atom. The number of rotatable bonds is 3. The molecule has 0 rings (SSSR count). The van der Waals surface area contributed by atoms with Crippen LogP contribution in [0.2, 0.25) is 0 Å². The van der Waals surface area contributed by atoms with Crippen molar-refractivity contribution in [1.82, 2.24) is 0 Å². The lowest BCUT2D eigenvalue weighted by Crippen LogP contribution is -2.39. The van der Waals surface area contributed by atoms with E-state index in [-0.39, 0.29) is 5.92 Å². The number of carbonyl (C=O) groups is 1. The van der Waals surface area contributed by atoms with E-state index in [0.717, 1.165) is 0 Å². The van der Waals surface area contributed by atoms with Gasteiger partial charge in [0.2, 0.25) is 0 Å². The summed E-state index contributed by atoms with van der Waals surface area (Å²) in [5, 5.41) is 17.7. The van der Waals surface area contributed by atoms with E-state index in [1.807, 2.05) is 13.8 Å². The summed E-state index contributed by atoms with van der Waals surface area (Å²) in [4.78, 5) is 10.4. The van der Waals surface area contributed by atoms with E-state index in [1.165, 1.54) is 0 Å². The molecule has 0 aliphatic rings. The first kappa shape index (κ1) is 10.4. The van der Waals surface area contributed by atoms with Crippen LogP contribution in [0.15, 0.2) is 0 Å². The molecular formula is C8H16O3. The summed E-state index contributed by atoms with van der Waals surface area (Å²) in [5.41, 5.74) is -0.564. The standard InChI is InChI=1S/C8H16O3/c1-5(2)8(3,4)6(9)7(10)11/h5-6,9H,1-4H3,(H,10,11). The lowest BCUT2D eigenvalue weighted by molar-refractivity contribution is -0.155. The molecule has 0 aromatic rings. The van der Waals surface area contributed by atoms with Crippen molar-refractivity contribution in [3.63, 3.8) is 0 Å². The summed E-state index contributed by atoms with van der Waals surface area (Å²) in [6, 6.07) is 0. The molecule has 0 fully saturated rings. The van der Waals surface area contributed by atoms with Gasteiger partial charge in [0, 0.05) is 5.41 Å². The van der Waals surface area contributed by atoms with Crippen molar-refractivity contribution in [2.45, 2.75) is 33.8 Å². The number of aliphatic hydroxyl groups excluding tert-OH is 1. The molecule has 0 saturated carbocycles. The predicted octanol–water partition coefficient (Wildman–Crippen LogP) is 1.11.